The van der Waals surface area contributed by atoms with Crippen molar-refractivity contribution in [3.63, 3.8) is 0 Å². The predicted molar refractivity (Wildman–Crippen MR) is 82.0 cm³/mol. The zero-order valence-electron chi connectivity index (χ0n) is 13.2. The van der Waals surface area contributed by atoms with Gasteiger partial charge in [0.1, 0.15) is 0 Å². The van der Waals surface area contributed by atoms with E-state index in [0.717, 1.165) is 0 Å². The largest absolute Gasteiger partial charge is 0.396 e. The third kappa shape index (κ3) is 11.6. The van der Waals surface area contributed by atoms with E-state index in [0.29, 0.717) is 13.2 Å². The topological polar surface area (TPSA) is 147 Å². The molecule has 0 aliphatic heterocycles. The second-order valence-corrected chi connectivity index (χ2v) is 6.09. The molecule has 0 fully saturated rings. The van der Waals surface area contributed by atoms with Gasteiger partial charge in [-0.15, -0.1) is 0 Å². The normalized spacial score (nSPS) is 12.8. The molecule has 0 saturated heterocycles. The summed E-state index contributed by atoms with van der Waals surface area (Å²) < 4.78 is 25.5. The van der Waals surface area contributed by atoms with Gasteiger partial charge >= 0.3 is 17.2 Å². The molecule has 0 atom stereocenters. The van der Waals surface area contributed by atoms with Gasteiger partial charge in [0.25, 0.3) is 0 Å². The third-order valence-electron chi connectivity index (χ3n) is 2.68. The van der Waals surface area contributed by atoms with Crippen LogP contribution in [0.5, 0.6) is 0 Å². The van der Waals surface area contributed by atoms with Gasteiger partial charge in [-0.1, -0.05) is 0 Å². The number of hydrogen-bond acceptors (Lipinski definition) is 10. The second kappa shape index (κ2) is 13.7. The monoisotopic (exact) mass is 380 g/mol. The van der Waals surface area contributed by atoms with Crippen molar-refractivity contribution in [3.8, 4) is 0 Å². The molecule has 0 spiro atoms. The Bertz CT molecular complexity index is 264. The van der Waals surface area contributed by atoms with Crippen LogP contribution in [-0.4, -0.2) is 77.2 Å². The maximum absolute atomic E-state index is 9.56. The summed E-state index contributed by atoms with van der Waals surface area (Å²) in [6.07, 6.45) is -0.580. The number of aliphatic hydroxyl groups excluding tert-OH is 1. The van der Waals surface area contributed by atoms with Gasteiger partial charge in [0.05, 0.1) is 38.4 Å². The molecule has 0 amide bonds. The first-order valence-electron chi connectivity index (χ1n) is 6.92. The minimum atomic E-state index is -2.63. The van der Waals surface area contributed by atoms with Gasteiger partial charge in [-0.25, -0.2) is 0 Å². The molecule has 0 rings (SSSR count). The number of ether oxygens (including phenoxy) is 3. The van der Waals surface area contributed by atoms with Gasteiger partial charge in [-0.2, -0.15) is 0 Å². The SMILES string of the molecule is CCOC(COCC(CO)(COP(O)O)COP(O)O)OCC. The lowest BCUT2D eigenvalue weighted by Crippen LogP contribution is -2.41. The van der Waals surface area contributed by atoms with Crippen molar-refractivity contribution in [2.75, 3.05) is 46.2 Å². The van der Waals surface area contributed by atoms with Crippen molar-refractivity contribution in [1.82, 2.24) is 0 Å². The van der Waals surface area contributed by atoms with Crippen molar-refractivity contribution in [3.05, 3.63) is 0 Å². The average Bonchev–Trinajstić information content (AvgIpc) is 2.50. The predicted octanol–water partition coefficient (Wildman–Crippen LogP) is -0.163. The molecular formula is C11H26O10P2. The van der Waals surface area contributed by atoms with E-state index in [1.165, 1.54) is 0 Å². The fraction of sp³-hybridized carbons (Fsp3) is 1.00. The molecule has 5 N–H and O–H groups in total. The van der Waals surface area contributed by atoms with Gasteiger partial charge in [0.2, 0.25) is 0 Å². The highest BCUT2D eigenvalue weighted by atomic mass is 31.2. The van der Waals surface area contributed by atoms with Crippen LogP contribution < -0.4 is 0 Å². The van der Waals surface area contributed by atoms with Gasteiger partial charge < -0.3 is 47.9 Å². The summed E-state index contributed by atoms with van der Waals surface area (Å²) in [7, 11) is -5.25. The molecule has 0 aromatic rings. The Morgan fingerprint density at radius 2 is 1.35 bits per heavy atom. The Morgan fingerprint density at radius 3 is 1.70 bits per heavy atom. The van der Waals surface area contributed by atoms with Crippen LogP contribution in [-0.2, 0) is 23.3 Å². The summed E-state index contributed by atoms with van der Waals surface area (Å²) >= 11 is 0. The molecule has 10 nitrogen and oxygen atoms in total. The summed E-state index contributed by atoms with van der Waals surface area (Å²) in [6, 6.07) is 0. The molecule has 0 saturated carbocycles. The lowest BCUT2D eigenvalue weighted by Gasteiger charge is -2.31. The highest BCUT2D eigenvalue weighted by Gasteiger charge is 2.33. The molecular weight excluding hydrogens is 354 g/mol. The van der Waals surface area contributed by atoms with Crippen LogP contribution in [0.3, 0.4) is 0 Å². The maximum atomic E-state index is 9.56. The minimum Gasteiger partial charge on any atom is -0.396 e. The van der Waals surface area contributed by atoms with Crippen LogP contribution in [0.2, 0.25) is 0 Å². The Hall–Kier alpha value is 0.460. The quantitative estimate of drug-likeness (QED) is 0.192. The van der Waals surface area contributed by atoms with Crippen molar-refractivity contribution >= 4 is 17.2 Å². The zero-order valence-corrected chi connectivity index (χ0v) is 15.0. The Labute approximate surface area is 137 Å². The standard InChI is InChI=1S/C11H26O10P2/c1-3-18-10(19-4-2)5-17-7-11(6-12,8-20-22(13)14)9-21-23(15)16/h10,12-16H,3-9H2,1-2H3. The van der Waals surface area contributed by atoms with Gasteiger partial charge in [0.15, 0.2) is 6.29 Å². The highest BCUT2D eigenvalue weighted by molar-refractivity contribution is 7.39. The molecule has 0 aliphatic rings. The Morgan fingerprint density at radius 1 is 0.870 bits per heavy atom. The van der Waals surface area contributed by atoms with Crippen molar-refractivity contribution in [2.24, 2.45) is 5.41 Å². The maximum Gasteiger partial charge on any atom is 0.327 e. The molecule has 23 heavy (non-hydrogen) atoms. The minimum absolute atomic E-state index is 0.0729. The first-order chi connectivity index (χ1) is 10.9. The van der Waals surface area contributed by atoms with E-state index in [4.69, 9.17) is 42.8 Å². The molecule has 0 bridgehead atoms. The molecule has 140 valence electrons. The summed E-state index contributed by atoms with van der Waals surface area (Å²) in [5.41, 5.74) is -1.19. The molecule has 0 aromatic carbocycles. The third-order valence-corrected chi connectivity index (χ3v) is 3.40. The van der Waals surface area contributed by atoms with Crippen molar-refractivity contribution < 1.29 is 47.9 Å². The van der Waals surface area contributed by atoms with Gasteiger partial charge in [-0.05, 0) is 13.8 Å². The van der Waals surface area contributed by atoms with E-state index in [-0.39, 0.29) is 26.4 Å². The van der Waals surface area contributed by atoms with E-state index in [1.54, 1.807) is 13.8 Å². The average molecular weight is 380 g/mol. The molecule has 0 heterocycles. The summed E-state index contributed by atoms with van der Waals surface area (Å²) in [4.78, 5) is 35.4. The van der Waals surface area contributed by atoms with Gasteiger partial charge in [0, 0.05) is 13.2 Å². The first kappa shape index (κ1) is 23.5. The summed E-state index contributed by atoms with van der Waals surface area (Å²) in [5, 5.41) is 9.56. The second-order valence-electron chi connectivity index (χ2n) is 4.57. The summed E-state index contributed by atoms with van der Waals surface area (Å²) in [5.74, 6) is 0. The van der Waals surface area contributed by atoms with Crippen LogP contribution in [0.15, 0.2) is 0 Å². The van der Waals surface area contributed by atoms with Crippen molar-refractivity contribution in [1.29, 1.82) is 0 Å². The van der Waals surface area contributed by atoms with Crippen LogP contribution >= 0.6 is 17.2 Å². The lowest BCUT2D eigenvalue weighted by atomic mass is 9.93. The highest BCUT2D eigenvalue weighted by Crippen LogP contribution is 2.33. The van der Waals surface area contributed by atoms with Gasteiger partial charge in [-0.3, -0.25) is 0 Å². The van der Waals surface area contributed by atoms with Crippen LogP contribution in [0, 0.1) is 5.41 Å². The molecule has 0 radical (unpaired) electrons. The first-order valence-corrected chi connectivity index (χ1v) is 9.25. The molecule has 0 unspecified atom stereocenters. The van der Waals surface area contributed by atoms with Crippen molar-refractivity contribution in [2.45, 2.75) is 20.1 Å². The zero-order chi connectivity index (χ0) is 17.7. The number of hydrogen-bond donors (Lipinski definition) is 5. The van der Waals surface area contributed by atoms with E-state index in [9.17, 15) is 5.11 Å². The van der Waals surface area contributed by atoms with E-state index < -0.39 is 35.5 Å². The van der Waals surface area contributed by atoms with Crippen LogP contribution in [0.1, 0.15) is 13.8 Å². The Balaban J connectivity index is 4.57. The number of rotatable bonds is 15. The van der Waals surface area contributed by atoms with Crippen LogP contribution in [0.4, 0.5) is 0 Å². The lowest BCUT2D eigenvalue weighted by molar-refractivity contribution is -0.177. The molecule has 12 heteroatoms. The molecule has 0 aromatic heterocycles. The fourth-order valence-electron chi connectivity index (χ4n) is 1.54. The smallest absolute Gasteiger partial charge is 0.327 e. The Kier molecular flexibility index (Phi) is 14.0. The fourth-order valence-corrected chi connectivity index (χ4v) is 2.32. The van der Waals surface area contributed by atoms with Crippen LogP contribution in [0.25, 0.3) is 0 Å². The molecule has 0 aliphatic carbocycles. The van der Waals surface area contributed by atoms with E-state index >= 15 is 0 Å². The number of aliphatic hydroxyl groups is 1. The summed E-state index contributed by atoms with van der Waals surface area (Å²) in [6.45, 7) is 3.35. The van der Waals surface area contributed by atoms with E-state index in [1.807, 2.05) is 0 Å². The van der Waals surface area contributed by atoms with E-state index in [2.05, 4.69) is 0 Å².